The fraction of sp³-hybridized carbons (Fsp3) is 0.483. The van der Waals surface area contributed by atoms with E-state index < -0.39 is 5.60 Å². The molecule has 10 heteroatoms. The Balaban J connectivity index is 1.24. The van der Waals surface area contributed by atoms with Gasteiger partial charge in [0, 0.05) is 42.8 Å². The Morgan fingerprint density at radius 1 is 1.08 bits per heavy atom. The predicted octanol–water partition coefficient (Wildman–Crippen LogP) is 4.73. The lowest BCUT2D eigenvalue weighted by molar-refractivity contribution is 0.0496. The number of rotatable bonds is 4. The third kappa shape index (κ3) is 4.95. The van der Waals surface area contributed by atoms with Gasteiger partial charge in [-0.2, -0.15) is 5.10 Å². The number of carbonyl (C=O) groups is 1. The standard InChI is InChI=1S/C29H36N8O2/c1-18-9-8-10-21-25(18)27(31-17-30-21)36-12-7-6-11-23(36)22-13-24-33-26(19(2)14-37(24)34-22)35-15-20(16-35)32-28(38)39-29(3,4)5/h8-10,13-14,17,20,23H,6-7,11-12,15-16H2,1-5H3,(H,32,38). The Kier molecular flexibility index (Phi) is 6.28. The number of ether oxygens (including phenoxy) is 1. The van der Waals surface area contributed by atoms with Gasteiger partial charge in [0.05, 0.1) is 23.3 Å². The van der Waals surface area contributed by atoms with Crippen molar-refractivity contribution in [2.75, 3.05) is 29.4 Å². The number of nitrogens with one attached hydrogen (secondary N) is 1. The Hall–Kier alpha value is -3.95. The highest BCUT2D eigenvalue weighted by Gasteiger charge is 2.33. The van der Waals surface area contributed by atoms with Crippen LogP contribution in [0.4, 0.5) is 16.4 Å². The van der Waals surface area contributed by atoms with Crippen LogP contribution in [0.2, 0.25) is 0 Å². The van der Waals surface area contributed by atoms with Gasteiger partial charge in [-0.15, -0.1) is 0 Å². The highest BCUT2D eigenvalue weighted by molar-refractivity contribution is 5.92. The molecule has 4 aromatic rings. The van der Waals surface area contributed by atoms with Crippen LogP contribution in [0.25, 0.3) is 16.6 Å². The Labute approximate surface area is 228 Å². The second-order valence-electron chi connectivity index (χ2n) is 11.7. The van der Waals surface area contributed by atoms with Crippen molar-refractivity contribution in [1.82, 2.24) is 29.9 Å². The molecule has 2 fully saturated rings. The number of anilines is 2. The minimum Gasteiger partial charge on any atom is -0.444 e. The second kappa shape index (κ2) is 9.66. The molecule has 3 aromatic heterocycles. The summed E-state index contributed by atoms with van der Waals surface area (Å²) in [4.78, 5) is 31.0. The van der Waals surface area contributed by atoms with Crippen LogP contribution in [-0.4, -0.2) is 61.9 Å². The summed E-state index contributed by atoms with van der Waals surface area (Å²) in [6.07, 6.45) is 6.62. The van der Waals surface area contributed by atoms with Gasteiger partial charge in [-0.3, -0.25) is 0 Å². The van der Waals surface area contributed by atoms with Gasteiger partial charge in [0.25, 0.3) is 0 Å². The number of aryl methyl sites for hydroxylation is 2. The summed E-state index contributed by atoms with van der Waals surface area (Å²) in [5, 5.41) is 9.04. The van der Waals surface area contributed by atoms with Crippen LogP contribution in [0.3, 0.4) is 0 Å². The average Bonchev–Trinajstić information content (AvgIpc) is 3.27. The van der Waals surface area contributed by atoms with E-state index in [9.17, 15) is 4.79 Å². The highest BCUT2D eigenvalue weighted by atomic mass is 16.6. The molecule has 1 aromatic carbocycles. The summed E-state index contributed by atoms with van der Waals surface area (Å²) in [5.74, 6) is 1.91. The molecule has 0 spiro atoms. The Bertz CT molecular complexity index is 1530. The first-order valence-electron chi connectivity index (χ1n) is 13.7. The molecule has 1 unspecified atom stereocenters. The zero-order chi connectivity index (χ0) is 27.3. The molecular formula is C29H36N8O2. The molecule has 5 heterocycles. The maximum atomic E-state index is 12.1. The highest BCUT2D eigenvalue weighted by Crippen LogP contribution is 2.37. The number of piperidine rings is 1. The lowest BCUT2D eigenvalue weighted by Crippen LogP contribution is -2.60. The molecule has 0 saturated carbocycles. The van der Waals surface area contributed by atoms with Gasteiger partial charge >= 0.3 is 6.09 Å². The van der Waals surface area contributed by atoms with Gasteiger partial charge in [-0.25, -0.2) is 24.3 Å². The number of amides is 1. The van der Waals surface area contributed by atoms with E-state index in [-0.39, 0.29) is 18.2 Å². The lowest BCUT2D eigenvalue weighted by Gasteiger charge is -2.41. The molecule has 1 atom stereocenters. The molecule has 10 nitrogen and oxygen atoms in total. The fourth-order valence-electron chi connectivity index (χ4n) is 5.69. The van der Waals surface area contributed by atoms with Crippen LogP contribution < -0.4 is 15.1 Å². The summed E-state index contributed by atoms with van der Waals surface area (Å²) in [5.41, 5.74) is 4.51. The number of aromatic nitrogens is 5. The topological polar surface area (TPSA) is 101 Å². The first kappa shape index (κ1) is 25.3. The first-order chi connectivity index (χ1) is 18.7. The second-order valence-corrected chi connectivity index (χ2v) is 11.7. The van der Waals surface area contributed by atoms with Gasteiger partial charge in [-0.05, 0) is 65.5 Å². The summed E-state index contributed by atoms with van der Waals surface area (Å²) >= 11 is 0. The quantitative estimate of drug-likeness (QED) is 0.406. The molecule has 0 radical (unpaired) electrons. The molecule has 0 aliphatic carbocycles. The van der Waals surface area contributed by atoms with Crippen molar-refractivity contribution in [2.45, 2.75) is 71.6 Å². The largest absolute Gasteiger partial charge is 0.444 e. The van der Waals surface area contributed by atoms with Crippen molar-refractivity contribution < 1.29 is 9.53 Å². The summed E-state index contributed by atoms with van der Waals surface area (Å²) in [7, 11) is 0. The molecule has 1 amide bonds. The van der Waals surface area contributed by atoms with Crippen molar-refractivity contribution in [3.05, 3.63) is 53.6 Å². The van der Waals surface area contributed by atoms with Crippen molar-refractivity contribution in [3.8, 4) is 0 Å². The molecule has 6 rings (SSSR count). The van der Waals surface area contributed by atoms with Crippen LogP contribution in [-0.2, 0) is 4.74 Å². The molecule has 1 N–H and O–H groups in total. The zero-order valence-corrected chi connectivity index (χ0v) is 23.3. The van der Waals surface area contributed by atoms with E-state index in [0.717, 1.165) is 65.3 Å². The number of hydrogen-bond acceptors (Lipinski definition) is 8. The minimum absolute atomic E-state index is 0.0414. The van der Waals surface area contributed by atoms with E-state index in [1.807, 2.05) is 37.5 Å². The van der Waals surface area contributed by atoms with Crippen LogP contribution >= 0.6 is 0 Å². The van der Waals surface area contributed by atoms with Crippen LogP contribution in [0, 0.1) is 13.8 Å². The Morgan fingerprint density at radius 3 is 2.69 bits per heavy atom. The monoisotopic (exact) mass is 528 g/mol. The number of carbonyl (C=O) groups excluding carboxylic acids is 1. The van der Waals surface area contributed by atoms with Crippen LogP contribution in [0.15, 0.2) is 36.8 Å². The molecule has 0 bridgehead atoms. The molecule has 2 saturated heterocycles. The number of benzene rings is 1. The smallest absolute Gasteiger partial charge is 0.407 e. The van der Waals surface area contributed by atoms with Crippen LogP contribution in [0.5, 0.6) is 0 Å². The maximum Gasteiger partial charge on any atom is 0.407 e. The van der Waals surface area contributed by atoms with E-state index in [2.05, 4.69) is 52.1 Å². The van der Waals surface area contributed by atoms with E-state index in [0.29, 0.717) is 13.1 Å². The maximum absolute atomic E-state index is 12.1. The van der Waals surface area contributed by atoms with Crippen molar-refractivity contribution in [1.29, 1.82) is 0 Å². The molecule has 2 aliphatic rings. The van der Waals surface area contributed by atoms with Gasteiger partial charge in [0.1, 0.15) is 23.6 Å². The number of hydrogen-bond donors (Lipinski definition) is 1. The molecule has 39 heavy (non-hydrogen) atoms. The third-order valence-electron chi connectivity index (χ3n) is 7.49. The van der Waals surface area contributed by atoms with Gasteiger partial charge in [-0.1, -0.05) is 12.1 Å². The normalized spacial score (nSPS) is 18.4. The zero-order valence-electron chi connectivity index (χ0n) is 23.3. The number of fused-ring (bicyclic) bond motifs is 2. The van der Waals surface area contributed by atoms with Gasteiger partial charge in [0.15, 0.2) is 5.65 Å². The summed E-state index contributed by atoms with van der Waals surface area (Å²) < 4.78 is 7.28. The third-order valence-corrected chi connectivity index (χ3v) is 7.49. The van der Waals surface area contributed by atoms with E-state index >= 15 is 0 Å². The first-order valence-corrected chi connectivity index (χ1v) is 13.7. The minimum atomic E-state index is -0.510. The summed E-state index contributed by atoms with van der Waals surface area (Å²) in [6, 6.07) is 8.49. The predicted molar refractivity (Wildman–Crippen MR) is 151 cm³/mol. The van der Waals surface area contributed by atoms with Crippen molar-refractivity contribution in [2.24, 2.45) is 0 Å². The lowest BCUT2D eigenvalue weighted by atomic mass is 9.98. The number of alkyl carbamates (subject to hydrolysis) is 1. The Morgan fingerprint density at radius 2 is 1.90 bits per heavy atom. The van der Waals surface area contributed by atoms with E-state index in [4.69, 9.17) is 19.8 Å². The molecule has 204 valence electrons. The van der Waals surface area contributed by atoms with Crippen LogP contribution in [0.1, 0.15) is 62.9 Å². The molecule has 2 aliphatic heterocycles. The van der Waals surface area contributed by atoms with Crippen molar-refractivity contribution in [3.63, 3.8) is 0 Å². The fourth-order valence-corrected chi connectivity index (χ4v) is 5.69. The van der Waals surface area contributed by atoms with Gasteiger partial charge < -0.3 is 19.9 Å². The van der Waals surface area contributed by atoms with Crippen molar-refractivity contribution >= 4 is 34.3 Å². The average molecular weight is 529 g/mol. The number of nitrogens with zero attached hydrogens (tertiary/aromatic N) is 7. The summed E-state index contributed by atoms with van der Waals surface area (Å²) in [6.45, 7) is 12.1. The van der Waals surface area contributed by atoms with Gasteiger partial charge in [0.2, 0.25) is 0 Å². The van der Waals surface area contributed by atoms with E-state index in [1.165, 1.54) is 5.56 Å². The molecular weight excluding hydrogens is 492 g/mol. The van der Waals surface area contributed by atoms with E-state index in [1.54, 1.807) is 6.33 Å². The SMILES string of the molecule is Cc1cn2nc(C3CCCCN3c3ncnc4cccc(C)c34)cc2nc1N1CC(NC(=O)OC(C)(C)C)C1.